The van der Waals surface area contributed by atoms with Gasteiger partial charge in [-0.05, 0) is 36.6 Å². The molecular weight excluding hydrogens is 276 g/mol. The average Bonchev–Trinajstić information content (AvgIpc) is 2.92. The van der Waals surface area contributed by atoms with Crippen LogP contribution in [0.25, 0.3) is 10.9 Å². The minimum absolute atomic E-state index is 0.414. The van der Waals surface area contributed by atoms with Crippen LogP contribution in [-0.2, 0) is 6.42 Å². The third-order valence-corrected chi connectivity index (χ3v) is 3.79. The molecule has 3 rings (SSSR count). The van der Waals surface area contributed by atoms with E-state index in [9.17, 15) is 4.79 Å². The summed E-state index contributed by atoms with van der Waals surface area (Å²) >= 11 is 0. The van der Waals surface area contributed by atoms with Crippen LogP contribution >= 0.6 is 0 Å². The summed E-state index contributed by atoms with van der Waals surface area (Å²) in [7, 11) is 0. The second kappa shape index (κ2) is 5.89. The van der Waals surface area contributed by atoms with E-state index in [2.05, 4.69) is 34.3 Å². The predicted octanol–water partition coefficient (Wildman–Crippen LogP) is 2.62. The van der Waals surface area contributed by atoms with Gasteiger partial charge in [-0.25, -0.2) is 0 Å². The molecule has 4 N–H and O–H groups in total. The Morgan fingerprint density at radius 1 is 1.36 bits per heavy atom. The van der Waals surface area contributed by atoms with Crippen LogP contribution in [-0.4, -0.2) is 22.4 Å². The predicted molar refractivity (Wildman–Crippen MR) is 88.0 cm³/mol. The fourth-order valence-corrected chi connectivity index (χ4v) is 2.73. The van der Waals surface area contributed by atoms with Gasteiger partial charge in [-0.15, -0.1) is 0 Å². The number of hydrogen-bond donors (Lipinski definition) is 3. The van der Waals surface area contributed by atoms with E-state index >= 15 is 0 Å². The molecule has 0 spiro atoms. The lowest BCUT2D eigenvalue weighted by atomic mass is 10.1. The van der Waals surface area contributed by atoms with Crippen molar-refractivity contribution in [2.45, 2.75) is 13.3 Å². The molecule has 0 bridgehead atoms. The van der Waals surface area contributed by atoms with E-state index in [1.807, 2.05) is 12.3 Å². The summed E-state index contributed by atoms with van der Waals surface area (Å²) in [5.41, 5.74) is 10.2. The number of nitrogens with zero attached hydrogens (tertiary/aromatic N) is 1. The zero-order valence-electron chi connectivity index (χ0n) is 12.4. The van der Waals surface area contributed by atoms with Crippen molar-refractivity contribution in [3.63, 3.8) is 0 Å². The van der Waals surface area contributed by atoms with Crippen LogP contribution in [0, 0.1) is 6.92 Å². The van der Waals surface area contributed by atoms with Crippen molar-refractivity contribution in [2.75, 3.05) is 11.9 Å². The molecule has 2 aromatic heterocycles. The van der Waals surface area contributed by atoms with E-state index in [-0.39, 0.29) is 0 Å². The molecule has 22 heavy (non-hydrogen) atoms. The Labute approximate surface area is 128 Å². The van der Waals surface area contributed by atoms with Crippen molar-refractivity contribution in [3.05, 3.63) is 59.5 Å². The van der Waals surface area contributed by atoms with Crippen LogP contribution in [0.3, 0.4) is 0 Å². The zero-order valence-corrected chi connectivity index (χ0v) is 12.4. The van der Waals surface area contributed by atoms with Gasteiger partial charge in [0, 0.05) is 36.0 Å². The van der Waals surface area contributed by atoms with Gasteiger partial charge in [0.05, 0.1) is 11.3 Å². The summed E-state index contributed by atoms with van der Waals surface area (Å²) in [6, 6.07) is 8.00. The lowest BCUT2D eigenvalue weighted by molar-refractivity contribution is 0.100. The Kier molecular flexibility index (Phi) is 3.78. The first-order valence-corrected chi connectivity index (χ1v) is 7.20. The Hall–Kier alpha value is -2.82. The second-order valence-corrected chi connectivity index (χ2v) is 5.27. The Bertz CT molecular complexity index is 822. The topological polar surface area (TPSA) is 83.8 Å². The SMILES string of the molecule is Cc1cccc2[nH]cc(CCNc3ccncc3C(N)=O)c12. The normalized spacial score (nSPS) is 10.8. The highest BCUT2D eigenvalue weighted by Crippen LogP contribution is 2.22. The van der Waals surface area contributed by atoms with Gasteiger partial charge in [0.15, 0.2) is 0 Å². The zero-order chi connectivity index (χ0) is 15.5. The third kappa shape index (κ3) is 2.65. The van der Waals surface area contributed by atoms with Crippen molar-refractivity contribution in [2.24, 2.45) is 5.73 Å². The Morgan fingerprint density at radius 2 is 2.23 bits per heavy atom. The van der Waals surface area contributed by atoms with Crippen LogP contribution in [0.4, 0.5) is 5.69 Å². The summed E-state index contributed by atoms with van der Waals surface area (Å²) in [5.74, 6) is -0.474. The largest absolute Gasteiger partial charge is 0.384 e. The summed E-state index contributed by atoms with van der Waals surface area (Å²) in [6.45, 7) is 2.83. The quantitative estimate of drug-likeness (QED) is 0.676. The molecule has 0 saturated carbocycles. The van der Waals surface area contributed by atoms with E-state index in [0.29, 0.717) is 12.1 Å². The highest BCUT2D eigenvalue weighted by Gasteiger charge is 2.09. The monoisotopic (exact) mass is 294 g/mol. The van der Waals surface area contributed by atoms with Gasteiger partial charge in [0.25, 0.3) is 5.91 Å². The van der Waals surface area contributed by atoms with E-state index in [1.54, 1.807) is 12.3 Å². The highest BCUT2D eigenvalue weighted by molar-refractivity contribution is 5.98. The average molecular weight is 294 g/mol. The van der Waals surface area contributed by atoms with E-state index in [4.69, 9.17) is 5.73 Å². The fourth-order valence-electron chi connectivity index (χ4n) is 2.73. The number of carbonyl (C=O) groups excluding carboxylic acids is 1. The van der Waals surface area contributed by atoms with Gasteiger partial charge in [-0.2, -0.15) is 0 Å². The van der Waals surface area contributed by atoms with Crippen LogP contribution in [0.5, 0.6) is 0 Å². The maximum atomic E-state index is 11.4. The molecule has 0 radical (unpaired) electrons. The van der Waals surface area contributed by atoms with Crippen molar-refractivity contribution < 1.29 is 4.79 Å². The number of rotatable bonds is 5. The number of benzene rings is 1. The number of amides is 1. The van der Waals surface area contributed by atoms with Crippen molar-refractivity contribution in [1.29, 1.82) is 0 Å². The third-order valence-electron chi connectivity index (χ3n) is 3.79. The lowest BCUT2D eigenvalue weighted by Gasteiger charge is -2.09. The maximum absolute atomic E-state index is 11.4. The molecule has 3 aromatic rings. The van der Waals surface area contributed by atoms with Gasteiger partial charge in [-0.3, -0.25) is 9.78 Å². The van der Waals surface area contributed by atoms with E-state index in [0.717, 1.165) is 17.6 Å². The smallest absolute Gasteiger partial charge is 0.252 e. The molecule has 5 nitrogen and oxygen atoms in total. The molecule has 112 valence electrons. The molecule has 0 aliphatic rings. The standard InChI is InChI=1S/C17H18N4O/c1-11-3-2-4-15-16(11)12(9-21-15)5-8-20-14-6-7-19-10-13(14)17(18)22/h2-4,6-7,9-10,21H,5,8H2,1H3,(H2,18,22)(H,19,20). The number of nitrogens with two attached hydrogens (primary N) is 1. The number of primary amides is 1. The van der Waals surface area contributed by atoms with Crippen molar-refractivity contribution in [1.82, 2.24) is 9.97 Å². The number of aryl methyl sites for hydroxylation is 1. The molecule has 0 fully saturated rings. The molecule has 0 aliphatic heterocycles. The Morgan fingerprint density at radius 3 is 3.05 bits per heavy atom. The first kappa shape index (κ1) is 14.1. The van der Waals surface area contributed by atoms with Crippen LogP contribution in [0.2, 0.25) is 0 Å². The number of anilines is 1. The van der Waals surface area contributed by atoms with Gasteiger partial charge >= 0.3 is 0 Å². The molecular formula is C17H18N4O. The molecule has 1 amide bonds. The van der Waals surface area contributed by atoms with Gasteiger partial charge in [0.2, 0.25) is 0 Å². The number of aromatic amines is 1. The minimum atomic E-state index is -0.474. The lowest BCUT2D eigenvalue weighted by Crippen LogP contribution is -2.15. The molecule has 1 aromatic carbocycles. The first-order valence-electron chi connectivity index (χ1n) is 7.20. The second-order valence-electron chi connectivity index (χ2n) is 5.27. The molecule has 5 heteroatoms. The number of hydrogen-bond acceptors (Lipinski definition) is 3. The molecule has 0 unspecified atom stereocenters. The van der Waals surface area contributed by atoms with Crippen molar-refractivity contribution in [3.8, 4) is 0 Å². The number of H-pyrrole nitrogens is 1. The van der Waals surface area contributed by atoms with Crippen molar-refractivity contribution >= 4 is 22.5 Å². The number of carbonyl (C=O) groups is 1. The maximum Gasteiger partial charge on any atom is 0.252 e. The molecule has 0 aliphatic carbocycles. The number of pyridine rings is 1. The fraction of sp³-hybridized carbons (Fsp3) is 0.176. The van der Waals surface area contributed by atoms with Gasteiger partial charge in [-0.1, -0.05) is 12.1 Å². The summed E-state index contributed by atoms with van der Waals surface area (Å²) in [5, 5.41) is 4.53. The first-order chi connectivity index (χ1) is 10.7. The van der Waals surface area contributed by atoms with Crippen LogP contribution in [0.15, 0.2) is 42.9 Å². The summed E-state index contributed by atoms with van der Waals surface area (Å²) in [4.78, 5) is 18.6. The summed E-state index contributed by atoms with van der Waals surface area (Å²) < 4.78 is 0. The molecule has 0 saturated heterocycles. The number of nitrogens with one attached hydrogen (secondary N) is 2. The number of aromatic nitrogens is 2. The number of fused-ring (bicyclic) bond motifs is 1. The molecule has 2 heterocycles. The minimum Gasteiger partial charge on any atom is -0.384 e. The van der Waals surface area contributed by atoms with E-state index < -0.39 is 5.91 Å². The molecule has 0 atom stereocenters. The van der Waals surface area contributed by atoms with Crippen LogP contribution in [0.1, 0.15) is 21.5 Å². The Balaban J connectivity index is 1.75. The summed E-state index contributed by atoms with van der Waals surface area (Å²) in [6.07, 6.45) is 6.03. The van der Waals surface area contributed by atoms with Gasteiger partial charge in [0.1, 0.15) is 0 Å². The highest BCUT2D eigenvalue weighted by atomic mass is 16.1. The van der Waals surface area contributed by atoms with E-state index in [1.165, 1.54) is 22.7 Å². The van der Waals surface area contributed by atoms with Crippen LogP contribution < -0.4 is 11.1 Å². The van der Waals surface area contributed by atoms with Gasteiger partial charge < -0.3 is 16.0 Å².